The van der Waals surface area contributed by atoms with Gasteiger partial charge in [-0.25, -0.2) is 0 Å². The van der Waals surface area contributed by atoms with Gasteiger partial charge in [0, 0.05) is 6.92 Å². The van der Waals surface area contributed by atoms with Crippen molar-refractivity contribution in [3.05, 3.63) is 24.3 Å². The standard InChI is InChI=1S/C11H14O3/c1-3-8-13-10-4-6-11(7-5-10)14-9(2)12/h4-7H,3,8H2,1-2H3. The summed E-state index contributed by atoms with van der Waals surface area (Å²) in [7, 11) is 0. The summed E-state index contributed by atoms with van der Waals surface area (Å²) in [6.07, 6.45) is 0.978. The van der Waals surface area contributed by atoms with Crippen molar-refractivity contribution >= 4 is 5.97 Å². The summed E-state index contributed by atoms with van der Waals surface area (Å²) in [5.74, 6) is 1.02. The minimum atomic E-state index is -0.313. The largest absolute Gasteiger partial charge is 0.494 e. The van der Waals surface area contributed by atoms with Crippen molar-refractivity contribution in [2.75, 3.05) is 6.61 Å². The van der Waals surface area contributed by atoms with E-state index in [2.05, 4.69) is 0 Å². The summed E-state index contributed by atoms with van der Waals surface area (Å²) in [6, 6.07) is 7.00. The highest BCUT2D eigenvalue weighted by Crippen LogP contribution is 2.17. The molecule has 0 saturated carbocycles. The summed E-state index contributed by atoms with van der Waals surface area (Å²) in [4.78, 5) is 10.6. The van der Waals surface area contributed by atoms with Crippen LogP contribution in [0.1, 0.15) is 20.3 Å². The third-order valence-electron chi connectivity index (χ3n) is 1.56. The maximum atomic E-state index is 10.6. The SMILES string of the molecule is CCCOc1ccc(OC(C)=O)cc1. The number of hydrogen-bond acceptors (Lipinski definition) is 3. The summed E-state index contributed by atoms with van der Waals surface area (Å²) < 4.78 is 10.3. The van der Waals surface area contributed by atoms with Gasteiger partial charge in [0.05, 0.1) is 6.61 Å². The fourth-order valence-electron chi connectivity index (χ4n) is 0.990. The van der Waals surface area contributed by atoms with Crippen LogP contribution in [0.4, 0.5) is 0 Å². The quantitative estimate of drug-likeness (QED) is 0.545. The molecule has 0 saturated heterocycles. The van der Waals surface area contributed by atoms with E-state index in [1.807, 2.05) is 6.92 Å². The molecule has 0 aromatic heterocycles. The highest BCUT2D eigenvalue weighted by molar-refractivity contribution is 5.69. The normalized spacial score (nSPS) is 9.57. The highest BCUT2D eigenvalue weighted by atomic mass is 16.5. The van der Waals surface area contributed by atoms with Crippen LogP contribution in [0.15, 0.2) is 24.3 Å². The van der Waals surface area contributed by atoms with Crippen LogP contribution in [0.2, 0.25) is 0 Å². The first-order chi connectivity index (χ1) is 6.72. The zero-order chi connectivity index (χ0) is 10.4. The van der Waals surface area contributed by atoms with Gasteiger partial charge in [-0.15, -0.1) is 0 Å². The van der Waals surface area contributed by atoms with Crippen LogP contribution in [0, 0.1) is 0 Å². The van der Waals surface area contributed by atoms with Gasteiger partial charge in [-0.3, -0.25) is 4.79 Å². The van der Waals surface area contributed by atoms with Gasteiger partial charge in [0.2, 0.25) is 0 Å². The molecule has 76 valence electrons. The maximum absolute atomic E-state index is 10.6. The van der Waals surface area contributed by atoms with Crippen molar-refractivity contribution in [2.45, 2.75) is 20.3 Å². The second-order valence-corrected chi connectivity index (χ2v) is 2.91. The van der Waals surface area contributed by atoms with Crippen molar-refractivity contribution in [2.24, 2.45) is 0 Å². The average Bonchev–Trinajstić information content (AvgIpc) is 2.16. The van der Waals surface area contributed by atoms with Crippen LogP contribution in [0.25, 0.3) is 0 Å². The first kappa shape index (κ1) is 10.6. The molecule has 0 amide bonds. The van der Waals surface area contributed by atoms with Crippen LogP contribution in [0.3, 0.4) is 0 Å². The summed E-state index contributed by atoms with van der Waals surface area (Å²) in [5, 5.41) is 0. The molecule has 0 N–H and O–H groups in total. The van der Waals surface area contributed by atoms with Crippen molar-refractivity contribution in [3.63, 3.8) is 0 Å². The zero-order valence-corrected chi connectivity index (χ0v) is 8.45. The molecular weight excluding hydrogens is 180 g/mol. The van der Waals surface area contributed by atoms with Crippen LogP contribution in [-0.4, -0.2) is 12.6 Å². The van der Waals surface area contributed by atoms with Gasteiger partial charge in [-0.1, -0.05) is 6.92 Å². The van der Waals surface area contributed by atoms with E-state index in [1.165, 1.54) is 6.92 Å². The number of carbonyl (C=O) groups is 1. The van der Waals surface area contributed by atoms with Crippen LogP contribution < -0.4 is 9.47 Å². The molecule has 3 heteroatoms. The Kier molecular flexibility index (Phi) is 3.98. The van der Waals surface area contributed by atoms with Crippen LogP contribution in [0.5, 0.6) is 11.5 Å². The van der Waals surface area contributed by atoms with E-state index in [1.54, 1.807) is 24.3 Å². The predicted molar refractivity (Wildman–Crippen MR) is 53.5 cm³/mol. The van der Waals surface area contributed by atoms with Crippen LogP contribution in [-0.2, 0) is 4.79 Å². The molecule has 1 aromatic carbocycles. The van der Waals surface area contributed by atoms with Gasteiger partial charge in [0.25, 0.3) is 0 Å². The van der Waals surface area contributed by atoms with E-state index in [4.69, 9.17) is 9.47 Å². The molecule has 0 aliphatic carbocycles. The maximum Gasteiger partial charge on any atom is 0.308 e. The molecule has 0 aliphatic heterocycles. The Bertz CT molecular complexity index is 290. The van der Waals surface area contributed by atoms with Crippen molar-refractivity contribution < 1.29 is 14.3 Å². The van der Waals surface area contributed by atoms with E-state index in [-0.39, 0.29) is 5.97 Å². The van der Waals surface area contributed by atoms with Crippen molar-refractivity contribution in [3.8, 4) is 11.5 Å². The Labute approximate surface area is 83.6 Å². The van der Waals surface area contributed by atoms with Crippen molar-refractivity contribution in [1.29, 1.82) is 0 Å². The van der Waals surface area contributed by atoms with Gasteiger partial charge in [0.1, 0.15) is 11.5 Å². The molecule has 0 radical (unpaired) electrons. The lowest BCUT2D eigenvalue weighted by Crippen LogP contribution is -2.01. The zero-order valence-electron chi connectivity index (χ0n) is 8.45. The van der Waals surface area contributed by atoms with E-state index < -0.39 is 0 Å². The fraction of sp³-hybridized carbons (Fsp3) is 0.364. The number of ether oxygens (including phenoxy) is 2. The minimum absolute atomic E-state index is 0.313. The highest BCUT2D eigenvalue weighted by Gasteiger charge is 1.98. The second-order valence-electron chi connectivity index (χ2n) is 2.91. The smallest absolute Gasteiger partial charge is 0.308 e. The van der Waals surface area contributed by atoms with E-state index in [0.29, 0.717) is 12.4 Å². The molecule has 0 heterocycles. The molecule has 14 heavy (non-hydrogen) atoms. The van der Waals surface area contributed by atoms with Gasteiger partial charge in [0.15, 0.2) is 0 Å². The minimum Gasteiger partial charge on any atom is -0.494 e. The Balaban J connectivity index is 2.54. The molecule has 0 atom stereocenters. The lowest BCUT2D eigenvalue weighted by Gasteiger charge is -2.05. The second kappa shape index (κ2) is 5.27. The number of rotatable bonds is 4. The van der Waals surface area contributed by atoms with E-state index in [9.17, 15) is 4.79 Å². The molecule has 0 fully saturated rings. The average molecular weight is 194 g/mol. The Morgan fingerprint density at radius 1 is 1.21 bits per heavy atom. The number of esters is 1. The molecule has 0 spiro atoms. The molecule has 0 bridgehead atoms. The first-order valence-electron chi connectivity index (χ1n) is 4.63. The lowest BCUT2D eigenvalue weighted by atomic mass is 10.3. The lowest BCUT2D eigenvalue weighted by molar-refractivity contribution is -0.131. The molecule has 1 aromatic rings. The predicted octanol–water partition coefficient (Wildman–Crippen LogP) is 2.40. The van der Waals surface area contributed by atoms with E-state index >= 15 is 0 Å². The third kappa shape index (κ3) is 3.47. The fourth-order valence-corrected chi connectivity index (χ4v) is 0.990. The van der Waals surface area contributed by atoms with Gasteiger partial charge < -0.3 is 9.47 Å². The van der Waals surface area contributed by atoms with Gasteiger partial charge in [-0.2, -0.15) is 0 Å². The van der Waals surface area contributed by atoms with Crippen molar-refractivity contribution in [1.82, 2.24) is 0 Å². The molecular formula is C11H14O3. The van der Waals surface area contributed by atoms with Crippen LogP contribution >= 0.6 is 0 Å². The van der Waals surface area contributed by atoms with Gasteiger partial charge >= 0.3 is 5.97 Å². The molecule has 0 aliphatic rings. The molecule has 1 rings (SSSR count). The molecule has 0 unspecified atom stereocenters. The van der Waals surface area contributed by atoms with Gasteiger partial charge in [-0.05, 0) is 30.7 Å². The number of hydrogen-bond donors (Lipinski definition) is 0. The first-order valence-corrected chi connectivity index (χ1v) is 4.63. The Morgan fingerprint density at radius 3 is 2.29 bits per heavy atom. The Morgan fingerprint density at radius 2 is 1.79 bits per heavy atom. The molecule has 3 nitrogen and oxygen atoms in total. The summed E-state index contributed by atoms with van der Waals surface area (Å²) in [5.41, 5.74) is 0. The van der Waals surface area contributed by atoms with E-state index in [0.717, 1.165) is 12.2 Å². The monoisotopic (exact) mass is 194 g/mol. The third-order valence-corrected chi connectivity index (χ3v) is 1.56. The summed E-state index contributed by atoms with van der Waals surface area (Å²) in [6.45, 7) is 4.13. The topological polar surface area (TPSA) is 35.5 Å². The summed E-state index contributed by atoms with van der Waals surface area (Å²) >= 11 is 0. The number of carbonyl (C=O) groups excluding carboxylic acids is 1. The number of benzene rings is 1. The Hall–Kier alpha value is -1.51.